The van der Waals surface area contributed by atoms with E-state index in [9.17, 15) is 9.59 Å². The van der Waals surface area contributed by atoms with Crippen molar-refractivity contribution in [3.8, 4) is 0 Å². The number of nitrogens with one attached hydrogen (secondary N) is 1. The first-order valence-corrected chi connectivity index (χ1v) is 9.55. The minimum atomic E-state index is -0.506. The molecule has 0 fully saturated rings. The van der Waals surface area contributed by atoms with E-state index in [0.717, 1.165) is 18.5 Å². The molecular weight excluding hydrogens is 332 g/mol. The number of thiophene rings is 1. The molecule has 3 rings (SSSR count). The zero-order valence-electron chi connectivity index (χ0n) is 14.9. The van der Waals surface area contributed by atoms with E-state index in [1.165, 1.54) is 10.4 Å². The monoisotopic (exact) mass is 356 g/mol. The van der Waals surface area contributed by atoms with Crippen molar-refractivity contribution >= 4 is 23.2 Å². The van der Waals surface area contributed by atoms with Crippen molar-refractivity contribution in [3.63, 3.8) is 0 Å². The first-order valence-electron chi connectivity index (χ1n) is 8.67. The smallest absolute Gasteiger partial charge is 0.251 e. The first kappa shape index (κ1) is 17.7. The molecule has 0 radical (unpaired) electrons. The van der Waals surface area contributed by atoms with Crippen molar-refractivity contribution in [3.05, 3.63) is 57.3 Å². The highest BCUT2D eigenvalue weighted by atomic mass is 32.1. The van der Waals surface area contributed by atoms with Crippen molar-refractivity contribution in [1.29, 1.82) is 0 Å². The second-order valence-electron chi connectivity index (χ2n) is 6.94. The van der Waals surface area contributed by atoms with Gasteiger partial charge in [-0.3, -0.25) is 9.59 Å². The number of carbonyl (C=O) groups is 2. The van der Waals surface area contributed by atoms with Gasteiger partial charge in [-0.2, -0.15) is 0 Å². The molecule has 1 N–H and O–H groups in total. The zero-order valence-corrected chi connectivity index (χ0v) is 15.7. The summed E-state index contributed by atoms with van der Waals surface area (Å²) in [6, 6.07) is 9.02. The van der Waals surface area contributed by atoms with E-state index in [4.69, 9.17) is 0 Å². The Morgan fingerprint density at radius 1 is 1.24 bits per heavy atom. The molecular formula is C20H24N2O2S. The molecule has 1 aromatic heterocycles. The lowest BCUT2D eigenvalue weighted by molar-refractivity contribution is -0.135. The van der Waals surface area contributed by atoms with Crippen molar-refractivity contribution in [1.82, 2.24) is 10.2 Å². The molecule has 1 unspecified atom stereocenters. The van der Waals surface area contributed by atoms with Crippen LogP contribution in [0.5, 0.6) is 0 Å². The molecule has 2 amide bonds. The third-order valence-corrected chi connectivity index (χ3v) is 5.64. The second kappa shape index (κ2) is 7.40. The number of nitrogens with zero attached hydrogens (tertiary/aromatic N) is 1. The maximum absolute atomic E-state index is 13.0. The molecule has 2 heterocycles. The van der Waals surface area contributed by atoms with Crippen molar-refractivity contribution in [2.45, 2.75) is 39.8 Å². The summed E-state index contributed by atoms with van der Waals surface area (Å²) in [5.41, 5.74) is 2.86. The van der Waals surface area contributed by atoms with Gasteiger partial charge in [-0.25, -0.2) is 0 Å². The number of aryl methyl sites for hydroxylation is 1. The third-order valence-electron chi connectivity index (χ3n) is 4.62. The summed E-state index contributed by atoms with van der Waals surface area (Å²) >= 11 is 1.76. The molecule has 0 bridgehead atoms. The summed E-state index contributed by atoms with van der Waals surface area (Å²) in [7, 11) is 0. The van der Waals surface area contributed by atoms with Gasteiger partial charge in [0.2, 0.25) is 5.91 Å². The van der Waals surface area contributed by atoms with Crippen LogP contribution in [0.4, 0.5) is 0 Å². The average molecular weight is 356 g/mol. The van der Waals surface area contributed by atoms with Gasteiger partial charge in [-0.1, -0.05) is 31.5 Å². The Balaban J connectivity index is 1.73. The Hall–Kier alpha value is -2.14. The zero-order chi connectivity index (χ0) is 18.0. The van der Waals surface area contributed by atoms with E-state index < -0.39 is 6.04 Å². The molecule has 1 atom stereocenters. The Bertz CT molecular complexity index is 782. The van der Waals surface area contributed by atoms with E-state index in [2.05, 4.69) is 16.8 Å². The number of rotatable bonds is 4. The number of hydrogen-bond acceptors (Lipinski definition) is 3. The van der Waals surface area contributed by atoms with E-state index in [0.29, 0.717) is 12.1 Å². The fourth-order valence-corrected chi connectivity index (χ4v) is 4.05. The van der Waals surface area contributed by atoms with Gasteiger partial charge in [0.25, 0.3) is 5.91 Å². The fourth-order valence-electron chi connectivity index (χ4n) is 3.16. The molecule has 25 heavy (non-hydrogen) atoms. The van der Waals surface area contributed by atoms with E-state index in [-0.39, 0.29) is 17.7 Å². The van der Waals surface area contributed by atoms with Gasteiger partial charge < -0.3 is 10.2 Å². The largest absolute Gasteiger partial charge is 0.340 e. The fraction of sp³-hybridized carbons (Fsp3) is 0.400. The molecule has 0 saturated heterocycles. The number of carbonyl (C=O) groups excluding carboxylic acids is 2. The van der Waals surface area contributed by atoms with Crippen LogP contribution in [0, 0.1) is 12.8 Å². The second-order valence-corrected chi connectivity index (χ2v) is 7.94. The van der Waals surface area contributed by atoms with Crippen molar-refractivity contribution in [2.24, 2.45) is 5.92 Å². The maximum Gasteiger partial charge on any atom is 0.251 e. The topological polar surface area (TPSA) is 49.4 Å². The predicted octanol–water partition coefficient (Wildman–Crippen LogP) is 3.40. The lowest BCUT2D eigenvalue weighted by Gasteiger charge is -2.32. The van der Waals surface area contributed by atoms with E-state index >= 15 is 0 Å². The first-order chi connectivity index (χ1) is 12.0. The summed E-state index contributed by atoms with van der Waals surface area (Å²) in [6.07, 6.45) is 0.898. The number of amides is 2. The van der Waals surface area contributed by atoms with Crippen LogP contribution in [0.3, 0.4) is 0 Å². The molecule has 2 aromatic rings. The number of benzene rings is 1. The minimum Gasteiger partial charge on any atom is -0.340 e. The van der Waals surface area contributed by atoms with Crippen LogP contribution in [-0.2, 0) is 17.8 Å². The Kier molecular flexibility index (Phi) is 5.23. The van der Waals surface area contributed by atoms with Crippen LogP contribution in [-0.4, -0.2) is 29.3 Å². The molecule has 0 saturated carbocycles. The van der Waals surface area contributed by atoms with Gasteiger partial charge in [0.15, 0.2) is 0 Å². The number of fused-ring (bicyclic) bond motifs is 1. The summed E-state index contributed by atoms with van der Waals surface area (Å²) in [6.45, 7) is 7.25. The van der Waals surface area contributed by atoms with Crippen LogP contribution in [0.25, 0.3) is 0 Å². The molecule has 132 valence electrons. The SMILES string of the molecule is Cc1cccc(C(=O)NC(C(=O)N2CCc3sccc3C2)C(C)C)c1. The van der Waals surface area contributed by atoms with Gasteiger partial charge in [0, 0.05) is 23.5 Å². The highest BCUT2D eigenvalue weighted by molar-refractivity contribution is 7.10. The van der Waals surface area contributed by atoms with Crippen molar-refractivity contribution in [2.75, 3.05) is 6.54 Å². The normalized spacial score (nSPS) is 15.0. The van der Waals surface area contributed by atoms with Crippen molar-refractivity contribution < 1.29 is 9.59 Å². The third kappa shape index (κ3) is 3.93. The van der Waals surface area contributed by atoms with Crippen LogP contribution in [0.2, 0.25) is 0 Å². The molecule has 4 nitrogen and oxygen atoms in total. The van der Waals surface area contributed by atoms with Crippen LogP contribution < -0.4 is 5.32 Å². The van der Waals surface area contributed by atoms with Gasteiger partial charge in [-0.15, -0.1) is 11.3 Å². The summed E-state index contributed by atoms with van der Waals surface area (Å²) in [5, 5.41) is 5.03. The highest BCUT2D eigenvalue weighted by Gasteiger charge is 2.31. The van der Waals surface area contributed by atoms with E-state index in [1.807, 2.05) is 43.9 Å². The Morgan fingerprint density at radius 2 is 2.04 bits per heavy atom. The lowest BCUT2D eigenvalue weighted by Crippen LogP contribution is -2.52. The summed E-state index contributed by atoms with van der Waals surface area (Å²) < 4.78 is 0. The highest BCUT2D eigenvalue weighted by Crippen LogP contribution is 2.25. The molecule has 5 heteroatoms. The van der Waals surface area contributed by atoms with Crippen LogP contribution in [0.15, 0.2) is 35.7 Å². The Labute approximate surface area is 152 Å². The quantitative estimate of drug-likeness (QED) is 0.913. The van der Waals surface area contributed by atoms with Crippen LogP contribution >= 0.6 is 11.3 Å². The standard InChI is InChI=1S/C20H24N2O2S/c1-13(2)18(21-19(23)15-6-4-5-14(3)11-15)20(24)22-9-7-17-16(12-22)8-10-25-17/h4-6,8,10-11,13,18H,7,9,12H2,1-3H3,(H,21,23). The maximum atomic E-state index is 13.0. The molecule has 0 spiro atoms. The molecule has 1 aliphatic rings. The summed E-state index contributed by atoms with van der Waals surface area (Å²) in [4.78, 5) is 28.8. The Morgan fingerprint density at radius 3 is 2.76 bits per heavy atom. The van der Waals surface area contributed by atoms with Crippen LogP contribution in [0.1, 0.15) is 40.2 Å². The molecule has 0 aliphatic carbocycles. The van der Waals surface area contributed by atoms with E-state index in [1.54, 1.807) is 17.4 Å². The molecule has 1 aliphatic heterocycles. The van der Waals surface area contributed by atoms with Gasteiger partial charge in [-0.05, 0) is 48.4 Å². The predicted molar refractivity (Wildman–Crippen MR) is 101 cm³/mol. The average Bonchev–Trinajstić information content (AvgIpc) is 3.06. The van der Waals surface area contributed by atoms with Gasteiger partial charge >= 0.3 is 0 Å². The number of hydrogen-bond donors (Lipinski definition) is 1. The van der Waals surface area contributed by atoms with Gasteiger partial charge in [0.05, 0.1) is 0 Å². The summed E-state index contributed by atoms with van der Waals surface area (Å²) in [5.74, 6) is -0.151. The van der Waals surface area contributed by atoms with Gasteiger partial charge in [0.1, 0.15) is 6.04 Å². The lowest BCUT2D eigenvalue weighted by atomic mass is 10.00. The minimum absolute atomic E-state index is 0.00727. The molecule has 1 aromatic carbocycles.